The highest BCUT2D eigenvalue weighted by Gasteiger charge is 2.07. The van der Waals surface area contributed by atoms with Crippen LogP contribution < -0.4 is 10.1 Å². The zero-order chi connectivity index (χ0) is 15.2. The minimum absolute atomic E-state index is 0.472. The summed E-state index contributed by atoms with van der Waals surface area (Å²) in [5.41, 5.74) is 4.06. The highest BCUT2D eigenvalue weighted by Crippen LogP contribution is 2.25. The molecule has 1 N–H and O–H groups in total. The highest BCUT2D eigenvalue weighted by molar-refractivity contribution is 5.53. The lowest BCUT2D eigenvalue weighted by Crippen LogP contribution is -2.03. The van der Waals surface area contributed by atoms with E-state index < -0.39 is 0 Å². The van der Waals surface area contributed by atoms with Crippen LogP contribution in [0.15, 0.2) is 42.5 Å². The zero-order valence-corrected chi connectivity index (χ0v) is 12.7. The quantitative estimate of drug-likeness (QED) is 0.888. The molecular formula is C18H20N2O. The molecule has 0 aromatic heterocycles. The van der Waals surface area contributed by atoms with Crippen molar-refractivity contribution in [2.45, 2.75) is 26.3 Å². The molecule has 0 bridgehead atoms. The van der Waals surface area contributed by atoms with E-state index in [1.807, 2.05) is 24.3 Å². The summed E-state index contributed by atoms with van der Waals surface area (Å²) in [5.74, 6) is 1.09. The molecule has 2 rings (SSSR count). The van der Waals surface area contributed by atoms with Crippen molar-refractivity contribution in [1.82, 2.24) is 0 Å². The van der Waals surface area contributed by atoms with E-state index in [9.17, 15) is 0 Å². The van der Waals surface area contributed by atoms with Gasteiger partial charge in [-0.2, -0.15) is 5.26 Å². The molecule has 3 heteroatoms. The molecule has 0 saturated heterocycles. The lowest BCUT2D eigenvalue weighted by atomic mass is 10.0. The van der Waals surface area contributed by atoms with E-state index in [2.05, 4.69) is 43.4 Å². The third-order valence-corrected chi connectivity index (χ3v) is 3.45. The molecule has 3 nitrogen and oxygen atoms in total. The molecule has 2 aromatic rings. The molecule has 108 valence electrons. The van der Waals surface area contributed by atoms with Gasteiger partial charge in [-0.1, -0.05) is 38.1 Å². The molecule has 0 amide bonds. The van der Waals surface area contributed by atoms with Crippen LogP contribution >= 0.6 is 0 Å². The molecular weight excluding hydrogens is 260 g/mol. The van der Waals surface area contributed by atoms with Gasteiger partial charge in [0, 0.05) is 12.2 Å². The Morgan fingerprint density at radius 2 is 1.95 bits per heavy atom. The van der Waals surface area contributed by atoms with Gasteiger partial charge in [-0.3, -0.25) is 0 Å². The monoisotopic (exact) mass is 280 g/mol. The normalized spacial score (nSPS) is 10.2. The van der Waals surface area contributed by atoms with Gasteiger partial charge in [0.1, 0.15) is 11.8 Å². The van der Waals surface area contributed by atoms with Gasteiger partial charge in [-0.05, 0) is 35.2 Å². The number of ether oxygens (including phenoxy) is 1. The summed E-state index contributed by atoms with van der Waals surface area (Å²) in [6, 6.07) is 16.2. The Balaban J connectivity index is 2.16. The van der Waals surface area contributed by atoms with Gasteiger partial charge in [0.05, 0.1) is 12.7 Å². The summed E-state index contributed by atoms with van der Waals surface area (Å²) >= 11 is 0. The summed E-state index contributed by atoms with van der Waals surface area (Å²) in [5, 5.41) is 12.6. The standard InChI is InChI=1S/C18H20N2O/c1-13(2)16-6-4-5-7-17(16)20-12-14-8-9-18(21-3)15(10-14)11-19/h4-10,13,20H,12H2,1-3H3. The van der Waals surface area contributed by atoms with Gasteiger partial charge in [0.2, 0.25) is 0 Å². The average Bonchev–Trinajstić information content (AvgIpc) is 2.52. The Morgan fingerprint density at radius 1 is 1.19 bits per heavy atom. The van der Waals surface area contributed by atoms with Crippen LogP contribution in [-0.2, 0) is 6.54 Å². The van der Waals surface area contributed by atoms with Crippen molar-refractivity contribution >= 4 is 5.69 Å². The first-order valence-corrected chi connectivity index (χ1v) is 7.05. The summed E-state index contributed by atoms with van der Waals surface area (Å²) in [6.45, 7) is 5.05. The number of nitrogens with zero attached hydrogens (tertiary/aromatic N) is 1. The number of methoxy groups -OCH3 is 1. The highest BCUT2D eigenvalue weighted by atomic mass is 16.5. The number of para-hydroxylation sites is 1. The van der Waals surface area contributed by atoms with Gasteiger partial charge in [-0.25, -0.2) is 0 Å². The first-order valence-electron chi connectivity index (χ1n) is 7.05. The van der Waals surface area contributed by atoms with Crippen LogP contribution in [0.1, 0.15) is 36.5 Å². The second-order valence-electron chi connectivity index (χ2n) is 5.24. The van der Waals surface area contributed by atoms with Gasteiger partial charge < -0.3 is 10.1 Å². The van der Waals surface area contributed by atoms with Crippen LogP contribution in [0.4, 0.5) is 5.69 Å². The number of benzene rings is 2. The maximum atomic E-state index is 9.13. The van der Waals surface area contributed by atoms with Crippen molar-refractivity contribution in [3.05, 3.63) is 59.2 Å². The van der Waals surface area contributed by atoms with E-state index in [1.54, 1.807) is 7.11 Å². The number of hydrogen-bond acceptors (Lipinski definition) is 3. The van der Waals surface area contributed by atoms with Gasteiger partial charge in [-0.15, -0.1) is 0 Å². The molecule has 21 heavy (non-hydrogen) atoms. The molecule has 0 spiro atoms. The predicted octanol–water partition coefficient (Wildman–Crippen LogP) is 4.30. The van der Waals surface area contributed by atoms with Crippen LogP contribution in [0.25, 0.3) is 0 Å². The Bertz CT molecular complexity index is 657. The second kappa shape index (κ2) is 6.81. The summed E-state index contributed by atoms with van der Waals surface area (Å²) in [7, 11) is 1.58. The number of nitrogens with one attached hydrogen (secondary N) is 1. The lowest BCUT2D eigenvalue weighted by Gasteiger charge is -2.15. The van der Waals surface area contributed by atoms with Crippen molar-refractivity contribution in [2.24, 2.45) is 0 Å². The molecule has 0 aliphatic heterocycles. The van der Waals surface area contributed by atoms with Crippen LogP contribution in [0.5, 0.6) is 5.75 Å². The molecule has 0 unspecified atom stereocenters. The van der Waals surface area contributed by atoms with E-state index in [4.69, 9.17) is 10.00 Å². The van der Waals surface area contributed by atoms with Crippen molar-refractivity contribution in [3.63, 3.8) is 0 Å². The summed E-state index contributed by atoms with van der Waals surface area (Å²) in [6.07, 6.45) is 0. The molecule has 2 aromatic carbocycles. The number of hydrogen-bond donors (Lipinski definition) is 1. The largest absolute Gasteiger partial charge is 0.495 e. The minimum Gasteiger partial charge on any atom is -0.495 e. The predicted molar refractivity (Wildman–Crippen MR) is 85.6 cm³/mol. The van der Waals surface area contributed by atoms with Gasteiger partial charge in [0.15, 0.2) is 0 Å². The topological polar surface area (TPSA) is 45.0 Å². The second-order valence-corrected chi connectivity index (χ2v) is 5.24. The molecule has 0 saturated carbocycles. The molecule has 0 heterocycles. The van der Waals surface area contributed by atoms with Crippen molar-refractivity contribution in [1.29, 1.82) is 5.26 Å². The fraction of sp³-hybridized carbons (Fsp3) is 0.278. The fourth-order valence-electron chi connectivity index (χ4n) is 2.31. The van der Waals surface area contributed by atoms with Crippen LogP contribution in [0, 0.1) is 11.3 Å². The molecule has 0 aliphatic rings. The number of nitriles is 1. The van der Waals surface area contributed by atoms with Gasteiger partial charge >= 0.3 is 0 Å². The zero-order valence-electron chi connectivity index (χ0n) is 12.7. The Morgan fingerprint density at radius 3 is 2.62 bits per heavy atom. The van der Waals surface area contributed by atoms with E-state index >= 15 is 0 Å². The van der Waals surface area contributed by atoms with Crippen molar-refractivity contribution < 1.29 is 4.74 Å². The summed E-state index contributed by atoms with van der Waals surface area (Å²) in [4.78, 5) is 0. The smallest absolute Gasteiger partial charge is 0.136 e. The van der Waals surface area contributed by atoms with Crippen molar-refractivity contribution in [2.75, 3.05) is 12.4 Å². The first-order chi connectivity index (χ1) is 10.2. The maximum Gasteiger partial charge on any atom is 0.136 e. The lowest BCUT2D eigenvalue weighted by molar-refractivity contribution is 0.413. The number of anilines is 1. The number of rotatable bonds is 5. The molecule has 0 atom stereocenters. The van der Waals surface area contributed by atoms with E-state index in [1.165, 1.54) is 5.56 Å². The van der Waals surface area contributed by atoms with Crippen LogP contribution in [0.3, 0.4) is 0 Å². The molecule has 0 aliphatic carbocycles. The van der Waals surface area contributed by atoms with E-state index in [-0.39, 0.29) is 0 Å². The minimum atomic E-state index is 0.472. The van der Waals surface area contributed by atoms with Crippen LogP contribution in [-0.4, -0.2) is 7.11 Å². The third kappa shape index (κ3) is 3.55. The van der Waals surface area contributed by atoms with E-state index in [0.29, 0.717) is 23.8 Å². The maximum absolute atomic E-state index is 9.13. The van der Waals surface area contributed by atoms with Crippen LogP contribution in [0.2, 0.25) is 0 Å². The van der Waals surface area contributed by atoms with E-state index in [0.717, 1.165) is 11.3 Å². The average molecular weight is 280 g/mol. The Labute approximate surface area is 126 Å². The third-order valence-electron chi connectivity index (χ3n) is 3.45. The van der Waals surface area contributed by atoms with Crippen molar-refractivity contribution in [3.8, 4) is 11.8 Å². The fourth-order valence-corrected chi connectivity index (χ4v) is 2.31. The Kier molecular flexibility index (Phi) is 4.84. The first kappa shape index (κ1) is 14.9. The Hall–Kier alpha value is -2.47. The van der Waals surface area contributed by atoms with Gasteiger partial charge in [0.25, 0.3) is 0 Å². The SMILES string of the molecule is COc1ccc(CNc2ccccc2C(C)C)cc1C#N. The summed E-state index contributed by atoms with van der Waals surface area (Å²) < 4.78 is 5.16. The molecule has 0 radical (unpaired) electrons. The molecule has 0 fully saturated rings.